The van der Waals surface area contributed by atoms with Gasteiger partial charge in [-0.2, -0.15) is 13.2 Å². The minimum absolute atomic E-state index is 0.0155. The zero-order chi connectivity index (χ0) is 24.7. The summed E-state index contributed by atoms with van der Waals surface area (Å²) in [6.45, 7) is 8.05. The second-order valence-corrected chi connectivity index (χ2v) is 9.39. The van der Waals surface area contributed by atoms with Crippen LogP contribution < -0.4 is 10.2 Å². The SMILES string of the molecule is CCC(C)=C(Nc1ncc(C(F)(F)F)cc1C)C1(c2ccc3c(n2)CCCN3C(C)=O)CCC1. The molecule has 1 fully saturated rings. The number of pyridine rings is 2. The van der Waals surface area contributed by atoms with Crippen LogP contribution >= 0.6 is 0 Å². The lowest BCUT2D eigenvalue weighted by molar-refractivity contribution is -0.137. The first-order valence-electron chi connectivity index (χ1n) is 11.9. The van der Waals surface area contributed by atoms with E-state index >= 15 is 0 Å². The fourth-order valence-corrected chi connectivity index (χ4v) is 5.00. The Morgan fingerprint density at radius 1 is 1.21 bits per heavy atom. The van der Waals surface area contributed by atoms with Crippen LogP contribution in [0.3, 0.4) is 0 Å². The van der Waals surface area contributed by atoms with Crippen molar-refractivity contribution in [1.29, 1.82) is 0 Å². The normalized spacial score (nSPS) is 18.0. The summed E-state index contributed by atoms with van der Waals surface area (Å²) < 4.78 is 39.4. The maximum atomic E-state index is 13.1. The Morgan fingerprint density at radius 2 is 1.94 bits per heavy atom. The second-order valence-electron chi connectivity index (χ2n) is 9.39. The van der Waals surface area contributed by atoms with E-state index in [9.17, 15) is 18.0 Å². The predicted molar refractivity (Wildman–Crippen MR) is 127 cm³/mol. The van der Waals surface area contributed by atoms with Crippen LogP contribution in [-0.4, -0.2) is 22.4 Å². The summed E-state index contributed by atoms with van der Waals surface area (Å²) in [5, 5.41) is 3.42. The van der Waals surface area contributed by atoms with Gasteiger partial charge in [0, 0.05) is 25.4 Å². The van der Waals surface area contributed by atoms with Crippen LogP contribution in [0.5, 0.6) is 0 Å². The van der Waals surface area contributed by atoms with Gasteiger partial charge < -0.3 is 10.2 Å². The number of rotatable bonds is 5. The first-order chi connectivity index (χ1) is 16.1. The number of fused-ring (bicyclic) bond motifs is 1. The minimum atomic E-state index is -4.43. The quantitative estimate of drug-likeness (QED) is 0.553. The Balaban J connectivity index is 1.74. The van der Waals surface area contributed by atoms with E-state index in [1.165, 1.54) is 0 Å². The van der Waals surface area contributed by atoms with Gasteiger partial charge in [-0.15, -0.1) is 0 Å². The van der Waals surface area contributed by atoms with Crippen LogP contribution in [0.15, 0.2) is 35.7 Å². The van der Waals surface area contributed by atoms with E-state index in [4.69, 9.17) is 4.98 Å². The van der Waals surface area contributed by atoms with Crippen molar-refractivity contribution in [2.24, 2.45) is 0 Å². The summed E-state index contributed by atoms with van der Waals surface area (Å²) >= 11 is 0. The highest BCUT2D eigenvalue weighted by atomic mass is 19.4. The monoisotopic (exact) mass is 472 g/mol. The number of anilines is 2. The molecule has 0 saturated heterocycles. The molecule has 3 heterocycles. The number of hydrogen-bond donors (Lipinski definition) is 1. The van der Waals surface area contributed by atoms with Crippen LogP contribution in [0.4, 0.5) is 24.7 Å². The number of amides is 1. The summed E-state index contributed by atoms with van der Waals surface area (Å²) in [6.07, 6.45) is 1.79. The van der Waals surface area contributed by atoms with Crippen molar-refractivity contribution in [2.45, 2.75) is 77.8 Å². The molecule has 0 bridgehead atoms. The molecule has 0 spiro atoms. The van der Waals surface area contributed by atoms with Crippen LogP contribution in [0.25, 0.3) is 0 Å². The van der Waals surface area contributed by atoms with Crippen molar-refractivity contribution < 1.29 is 18.0 Å². The van der Waals surface area contributed by atoms with Gasteiger partial charge in [0.15, 0.2) is 0 Å². The summed E-state index contributed by atoms with van der Waals surface area (Å²) in [7, 11) is 0. The second kappa shape index (κ2) is 9.04. The molecule has 0 atom stereocenters. The Hall–Kier alpha value is -2.90. The maximum Gasteiger partial charge on any atom is 0.417 e. The van der Waals surface area contributed by atoms with Gasteiger partial charge in [-0.3, -0.25) is 9.78 Å². The molecule has 1 aliphatic heterocycles. The van der Waals surface area contributed by atoms with E-state index < -0.39 is 11.7 Å². The number of nitrogens with one attached hydrogen (secondary N) is 1. The smallest absolute Gasteiger partial charge is 0.343 e. The molecule has 1 saturated carbocycles. The molecule has 0 aromatic carbocycles. The molecule has 5 nitrogen and oxygen atoms in total. The number of allylic oxidation sites excluding steroid dienone is 2. The largest absolute Gasteiger partial charge is 0.417 e. The van der Waals surface area contributed by atoms with Gasteiger partial charge in [-0.05, 0) is 69.7 Å². The number of aryl methyl sites for hydroxylation is 2. The van der Waals surface area contributed by atoms with Gasteiger partial charge in [0.1, 0.15) is 5.82 Å². The number of carbonyl (C=O) groups excluding carboxylic acids is 1. The lowest BCUT2D eigenvalue weighted by atomic mass is 9.63. The molecule has 0 unspecified atom stereocenters. The summed E-state index contributed by atoms with van der Waals surface area (Å²) in [5.74, 6) is 0.449. The van der Waals surface area contributed by atoms with Crippen molar-refractivity contribution in [3.8, 4) is 0 Å². The molecule has 2 aliphatic rings. The third kappa shape index (κ3) is 4.30. The highest BCUT2D eigenvalue weighted by molar-refractivity contribution is 5.92. The standard InChI is InChI=1S/C26H31F3N4O/c1-5-16(2)23(32-24-17(3)14-19(15-30-24)26(27,28)29)25(11-7-12-25)22-10-9-21-20(31-22)8-6-13-33(21)18(4)34/h9-10,14-15H,5-8,11-13H2,1-4H3,(H,30,32). The molecule has 34 heavy (non-hydrogen) atoms. The van der Waals surface area contributed by atoms with Gasteiger partial charge >= 0.3 is 6.18 Å². The molecule has 0 radical (unpaired) electrons. The van der Waals surface area contributed by atoms with Crippen LogP contribution in [0.1, 0.15) is 75.4 Å². The van der Waals surface area contributed by atoms with Gasteiger partial charge in [0.05, 0.1) is 28.1 Å². The molecular formula is C26H31F3N4O. The van der Waals surface area contributed by atoms with Crippen molar-refractivity contribution in [1.82, 2.24) is 9.97 Å². The van der Waals surface area contributed by atoms with Gasteiger partial charge in [-0.25, -0.2) is 4.98 Å². The molecule has 1 N–H and O–H groups in total. The van der Waals surface area contributed by atoms with Gasteiger partial charge in [0.2, 0.25) is 5.91 Å². The van der Waals surface area contributed by atoms with E-state index in [0.29, 0.717) is 17.9 Å². The maximum absolute atomic E-state index is 13.1. The molecule has 182 valence electrons. The number of halogens is 3. The highest BCUT2D eigenvalue weighted by Crippen LogP contribution is 2.50. The van der Waals surface area contributed by atoms with Crippen LogP contribution in [0, 0.1) is 6.92 Å². The number of hydrogen-bond acceptors (Lipinski definition) is 4. The Kier molecular flexibility index (Phi) is 6.44. The molecule has 2 aromatic heterocycles. The lowest BCUT2D eigenvalue weighted by Crippen LogP contribution is -2.42. The zero-order valence-electron chi connectivity index (χ0n) is 20.1. The van der Waals surface area contributed by atoms with Gasteiger partial charge in [-0.1, -0.05) is 18.9 Å². The van der Waals surface area contributed by atoms with Crippen molar-refractivity contribution in [3.63, 3.8) is 0 Å². The molecule has 8 heteroatoms. The summed E-state index contributed by atoms with van der Waals surface area (Å²) in [4.78, 5) is 23.0. The summed E-state index contributed by atoms with van der Waals surface area (Å²) in [5.41, 5.74) is 4.21. The van der Waals surface area contributed by atoms with Crippen molar-refractivity contribution >= 4 is 17.4 Å². The van der Waals surface area contributed by atoms with Crippen LogP contribution in [0.2, 0.25) is 0 Å². The first-order valence-corrected chi connectivity index (χ1v) is 11.9. The van der Waals surface area contributed by atoms with E-state index in [0.717, 1.165) is 79.1 Å². The minimum Gasteiger partial charge on any atom is -0.343 e. The molecule has 1 amide bonds. The average molecular weight is 473 g/mol. The molecule has 2 aromatic rings. The Labute approximate surface area is 198 Å². The van der Waals surface area contributed by atoms with E-state index in [-0.39, 0.29) is 11.3 Å². The number of aromatic nitrogens is 2. The molecule has 4 rings (SSSR count). The predicted octanol–water partition coefficient (Wildman–Crippen LogP) is 6.32. The zero-order valence-corrected chi connectivity index (χ0v) is 20.1. The molecular weight excluding hydrogens is 441 g/mol. The topological polar surface area (TPSA) is 58.1 Å². The molecule has 1 aliphatic carbocycles. The third-order valence-corrected chi connectivity index (χ3v) is 7.20. The lowest BCUT2D eigenvalue weighted by Gasteiger charge is -2.45. The fourth-order valence-electron chi connectivity index (χ4n) is 5.00. The fraction of sp³-hybridized carbons (Fsp3) is 0.500. The van der Waals surface area contributed by atoms with Crippen LogP contribution in [-0.2, 0) is 22.8 Å². The Morgan fingerprint density at radius 3 is 2.50 bits per heavy atom. The number of alkyl halides is 3. The Bertz CT molecular complexity index is 1140. The van der Waals surface area contributed by atoms with E-state index in [1.54, 1.807) is 18.7 Å². The van der Waals surface area contributed by atoms with E-state index in [2.05, 4.69) is 24.1 Å². The van der Waals surface area contributed by atoms with Gasteiger partial charge in [0.25, 0.3) is 0 Å². The van der Waals surface area contributed by atoms with Crippen molar-refractivity contribution in [3.05, 3.63) is 58.2 Å². The van der Waals surface area contributed by atoms with E-state index in [1.807, 2.05) is 12.1 Å². The number of carbonyl (C=O) groups is 1. The summed E-state index contributed by atoms with van der Waals surface area (Å²) in [6, 6.07) is 5.14. The number of nitrogens with zero attached hydrogens (tertiary/aromatic N) is 3. The highest BCUT2D eigenvalue weighted by Gasteiger charge is 2.45. The third-order valence-electron chi connectivity index (χ3n) is 7.20. The average Bonchev–Trinajstić information content (AvgIpc) is 2.76. The first kappa shape index (κ1) is 24.2. The van der Waals surface area contributed by atoms with Crippen molar-refractivity contribution in [2.75, 3.05) is 16.8 Å².